The molecule has 4 aromatic rings. The van der Waals surface area contributed by atoms with Crippen molar-refractivity contribution in [3.05, 3.63) is 77.7 Å². The van der Waals surface area contributed by atoms with Crippen LogP contribution < -0.4 is 10.1 Å². The summed E-state index contributed by atoms with van der Waals surface area (Å²) in [5.41, 5.74) is 2.20. The highest BCUT2D eigenvalue weighted by molar-refractivity contribution is 7.13. The molecule has 0 aliphatic carbocycles. The number of thiazole rings is 1. The zero-order chi connectivity index (χ0) is 19.3. The summed E-state index contributed by atoms with van der Waals surface area (Å²) >= 11 is 1.43. The smallest absolute Gasteiger partial charge is 0.271 e. The van der Waals surface area contributed by atoms with Crippen LogP contribution in [-0.4, -0.2) is 32.8 Å². The molecule has 3 aromatic heterocycles. The molecule has 8 heteroatoms. The number of aromatic nitrogens is 4. The Morgan fingerprint density at radius 2 is 2.04 bits per heavy atom. The number of amides is 1. The Labute approximate surface area is 165 Å². The van der Waals surface area contributed by atoms with Gasteiger partial charge in [0.25, 0.3) is 5.91 Å². The molecular formula is C20H17N5O2S. The summed E-state index contributed by atoms with van der Waals surface area (Å²) in [6.07, 6.45) is 5.20. The first-order chi connectivity index (χ1) is 13.7. The average Bonchev–Trinajstić information content (AvgIpc) is 3.44. The Hall–Kier alpha value is -3.52. The van der Waals surface area contributed by atoms with Gasteiger partial charge in [-0.1, -0.05) is 6.07 Å². The van der Waals surface area contributed by atoms with Gasteiger partial charge < -0.3 is 10.1 Å². The number of hydrogen-bond acceptors (Lipinski definition) is 6. The van der Waals surface area contributed by atoms with Crippen molar-refractivity contribution in [2.75, 3.05) is 7.11 Å². The van der Waals surface area contributed by atoms with Gasteiger partial charge in [0.2, 0.25) is 0 Å². The zero-order valence-electron chi connectivity index (χ0n) is 15.1. The first-order valence-electron chi connectivity index (χ1n) is 8.56. The van der Waals surface area contributed by atoms with E-state index in [1.165, 1.54) is 11.3 Å². The highest BCUT2D eigenvalue weighted by atomic mass is 32.1. The van der Waals surface area contributed by atoms with E-state index < -0.39 is 0 Å². The maximum atomic E-state index is 12.5. The number of ether oxygens (including phenoxy) is 1. The molecule has 0 unspecified atom stereocenters. The first kappa shape index (κ1) is 17.9. The number of carbonyl (C=O) groups excluding carboxylic acids is 1. The highest BCUT2D eigenvalue weighted by Gasteiger charge is 2.13. The Morgan fingerprint density at radius 3 is 2.79 bits per heavy atom. The SMILES string of the molecule is COc1ccc(-c2nc(C(=O)NCc3cccnc3-n3cccn3)cs2)cc1. The van der Waals surface area contributed by atoms with Crippen LogP contribution in [0.2, 0.25) is 0 Å². The minimum atomic E-state index is -0.230. The second-order valence-corrected chi connectivity index (χ2v) is 6.74. The monoisotopic (exact) mass is 391 g/mol. The summed E-state index contributed by atoms with van der Waals surface area (Å²) in [7, 11) is 1.63. The number of hydrogen-bond donors (Lipinski definition) is 1. The van der Waals surface area contributed by atoms with Gasteiger partial charge in [0.05, 0.1) is 7.11 Å². The lowest BCUT2D eigenvalue weighted by Gasteiger charge is -2.09. The fraction of sp³-hybridized carbons (Fsp3) is 0.100. The lowest BCUT2D eigenvalue weighted by atomic mass is 10.2. The lowest BCUT2D eigenvalue weighted by molar-refractivity contribution is 0.0946. The van der Waals surface area contributed by atoms with Crippen LogP contribution in [0.25, 0.3) is 16.4 Å². The molecular weight excluding hydrogens is 374 g/mol. The van der Waals surface area contributed by atoms with Crippen molar-refractivity contribution >= 4 is 17.2 Å². The van der Waals surface area contributed by atoms with Crippen molar-refractivity contribution in [2.24, 2.45) is 0 Å². The molecule has 28 heavy (non-hydrogen) atoms. The van der Waals surface area contributed by atoms with Crippen LogP contribution in [0.15, 0.2) is 66.4 Å². The number of methoxy groups -OCH3 is 1. The Balaban J connectivity index is 1.46. The number of nitrogens with one attached hydrogen (secondary N) is 1. The van der Waals surface area contributed by atoms with Crippen LogP contribution in [0.4, 0.5) is 0 Å². The Kier molecular flexibility index (Phi) is 5.11. The summed E-state index contributed by atoms with van der Waals surface area (Å²) in [5, 5.41) is 9.65. The zero-order valence-corrected chi connectivity index (χ0v) is 15.9. The molecule has 4 rings (SSSR count). The quantitative estimate of drug-likeness (QED) is 0.545. The minimum absolute atomic E-state index is 0.230. The van der Waals surface area contributed by atoms with Gasteiger partial charge in [-0.05, 0) is 36.4 Å². The molecule has 0 spiro atoms. The summed E-state index contributed by atoms with van der Waals surface area (Å²) in [5.74, 6) is 1.24. The van der Waals surface area contributed by atoms with Gasteiger partial charge in [0.1, 0.15) is 16.5 Å². The molecule has 1 N–H and O–H groups in total. The number of carbonyl (C=O) groups is 1. The normalized spacial score (nSPS) is 10.6. The number of rotatable bonds is 6. The summed E-state index contributed by atoms with van der Waals surface area (Å²) in [4.78, 5) is 21.3. The Bertz CT molecular complexity index is 1070. The van der Waals surface area contributed by atoms with Crippen LogP contribution in [0.5, 0.6) is 5.75 Å². The van der Waals surface area contributed by atoms with Crippen molar-refractivity contribution in [3.8, 4) is 22.1 Å². The fourth-order valence-electron chi connectivity index (χ4n) is 2.68. The van der Waals surface area contributed by atoms with Gasteiger partial charge in [-0.25, -0.2) is 14.6 Å². The van der Waals surface area contributed by atoms with Gasteiger partial charge in [-0.15, -0.1) is 11.3 Å². The van der Waals surface area contributed by atoms with E-state index in [4.69, 9.17) is 4.74 Å². The van der Waals surface area contributed by atoms with Crippen molar-refractivity contribution in [3.63, 3.8) is 0 Å². The topological polar surface area (TPSA) is 81.9 Å². The van der Waals surface area contributed by atoms with Gasteiger partial charge in [-0.2, -0.15) is 5.10 Å². The third-order valence-electron chi connectivity index (χ3n) is 4.10. The van der Waals surface area contributed by atoms with Crippen molar-refractivity contribution < 1.29 is 9.53 Å². The van der Waals surface area contributed by atoms with E-state index in [-0.39, 0.29) is 5.91 Å². The summed E-state index contributed by atoms with van der Waals surface area (Å²) < 4.78 is 6.84. The molecule has 0 fully saturated rings. The molecule has 0 radical (unpaired) electrons. The van der Waals surface area contributed by atoms with E-state index in [0.29, 0.717) is 18.1 Å². The maximum Gasteiger partial charge on any atom is 0.271 e. The summed E-state index contributed by atoms with van der Waals surface area (Å²) in [6, 6.07) is 13.2. The molecule has 1 aromatic carbocycles. The predicted molar refractivity (Wildman–Crippen MR) is 107 cm³/mol. The van der Waals surface area contributed by atoms with Crippen LogP contribution in [-0.2, 0) is 6.54 Å². The molecule has 0 saturated heterocycles. The molecule has 0 atom stereocenters. The van der Waals surface area contributed by atoms with E-state index in [2.05, 4.69) is 20.4 Å². The molecule has 0 aliphatic heterocycles. The number of nitrogens with zero attached hydrogens (tertiary/aromatic N) is 4. The molecule has 1 amide bonds. The van der Waals surface area contributed by atoms with Gasteiger partial charge >= 0.3 is 0 Å². The van der Waals surface area contributed by atoms with Gasteiger partial charge in [0.15, 0.2) is 5.82 Å². The molecule has 140 valence electrons. The number of benzene rings is 1. The van der Waals surface area contributed by atoms with E-state index in [0.717, 1.165) is 21.9 Å². The predicted octanol–water partition coefficient (Wildman–Crippen LogP) is 3.33. The molecule has 0 bridgehead atoms. The third-order valence-corrected chi connectivity index (χ3v) is 4.99. The van der Waals surface area contributed by atoms with Gasteiger partial charge in [-0.3, -0.25) is 4.79 Å². The van der Waals surface area contributed by atoms with Gasteiger partial charge in [0, 0.05) is 41.6 Å². The standard InChI is InChI=1S/C20H17N5O2S/c1-27-16-7-5-14(6-8-16)20-24-17(13-28-20)19(26)22-12-15-4-2-9-21-18(15)25-11-3-10-23-25/h2-11,13H,12H2,1H3,(H,22,26). The molecule has 0 saturated carbocycles. The highest BCUT2D eigenvalue weighted by Crippen LogP contribution is 2.25. The van der Waals surface area contributed by atoms with Crippen molar-refractivity contribution in [1.82, 2.24) is 25.1 Å². The maximum absolute atomic E-state index is 12.5. The minimum Gasteiger partial charge on any atom is -0.497 e. The van der Waals surface area contributed by atoms with E-state index in [1.54, 1.807) is 29.6 Å². The van der Waals surface area contributed by atoms with Crippen molar-refractivity contribution in [2.45, 2.75) is 6.54 Å². The molecule has 7 nitrogen and oxygen atoms in total. The summed E-state index contributed by atoms with van der Waals surface area (Å²) in [6.45, 7) is 0.331. The van der Waals surface area contributed by atoms with Crippen LogP contribution in [0, 0.1) is 0 Å². The second kappa shape index (κ2) is 8.01. The van der Waals surface area contributed by atoms with Crippen LogP contribution in [0.1, 0.15) is 16.1 Å². The fourth-order valence-corrected chi connectivity index (χ4v) is 3.49. The first-order valence-corrected chi connectivity index (χ1v) is 9.44. The lowest BCUT2D eigenvalue weighted by Crippen LogP contribution is -2.24. The van der Waals surface area contributed by atoms with E-state index >= 15 is 0 Å². The average molecular weight is 391 g/mol. The van der Waals surface area contributed by atoms with E-state index in [1.807, 2.05) is 48.7 Å². The number of pyridine rings is 1. The largest absolute Gasteiger partial charge is 0.497 e. The van der Waals surface area contributed by atoms with Crippen molar-refractivity contribution in [1.29, 1.82) is 0 Å². The third kappa shape index (κ3) is 3.77. The Morgan fingerprint density at radius 1 is 1.18 bits per heavy atom. The molecule has 3 heterocycles. The van der Waals surface area contributed by atoms with Crippen LogP contribution in [0.3, 0.4) is 0 Å². The van der Waals surface area contributed by atoms with E-state index in [9.17, 15) is 4.79 Å². The van der Waals surface area contributed by atoms with Crippen LogP contribution >= 0.6 is 11.3 Å². The second-order valence-electron chi connectivity index (χ2n) is 5.89. The molecule has 0 aliphatic rings.